The number of carbonyl (C=O) groups is 2. The van der Waals surface area contributed by atoms with Crippen LogP contribution >= 0.6 is 0 Å². The molecule has 0 aromatic heterocycles. The van der Waals surface area contributed by atoms with Crippen molar-refractivity contribution >= 4 is 11.9 Å². The van der Waals surface area contributed by atoms with Gasteiger partial charge in [-0.15, -0.1) is 0 Å². The Morgan fingerprint density at radius 2 is 0.955 bits per heavy atom. The van der Waals surface area contributed by atoms with E-state index in [0.717, 1.165) is 77.0 Å². The highest BCUT2D eigenvalue weighted by Gasteiger charge is 2.13. The Hall–Kier alpha value is -1.84. The van der Waals surface area contributed by atoms with E-state index in [1.54, 1.807) is 0 Å². The lowest BCUT2D eigenvalue weighted by Crippen LogP contribution is -2.18. The number of esters is 1. The molecule has 1 N–H and O–H groups in total. The summed E-state index contributed by atoms with van der Waals surface area (Å²) >= 11 is 0. The molecule has 1 atom stereocenters. The minimum Gasteiger partial charge on any atom is -0.481 e. The molecule has 0 rings (SSSR count). The van der Waals surface area contributed by atoms with Crippen LogP contribution in [0, 0.1) is 0 Å². The second-order valence-corrected chi connectivity index (χ2v) is 12.7. The Kier molecular flexibility index (Phi) is 34.1. The maximum Gasteiger partial charge on any atom is 0.306 e. The minimum absolute atomic E-state index is 0.0189. The highest BCUT2D eigenvalue weighted by Crippen LogP contribution is 2.18. The summed E-state index contributed by atoms with van der Waals surface area (Å²) in [5, 5.41) is 8.66. The average Bonchev–Trinajstić information content (AvgIpc) is 3.01. The molecule has 0 saturated heterocycles. The Bertz CT molecular complexity index is 708. The molecule has 0 aromatic rings. The molecular weight excluding hydrogens is 544 g/mol. The normalized spacial score (nSPS) is 12.6. The molecule has 0 aliphatic carbocycles. The van der Waals surface area contributed by atoms with Crippen LogP contribution in [0.15, 0.2) is 36.5 Å². The van der Waals surface area contributed by atoms with Gasteiger partial charge in [-0.1, -0.05) is 159 Å². The largest absolute Gasteiger partial charge is 0.481 e. The van der Waals surface area contributed by atoms with Gasteiger partial charge in [0, 0.05) is 12.8 Å². The SMILES string of the molecule is CC/C=C\C/C=C\C/C=C\CCCCCCCC(=O)OC(CCCC)CCCCCCCCCCCCCCCCC(=O)O. The molecule has 0 heterocycles. The number of aliphatic carboxylic acids is 1. The summed E-state index contributed by atoms with van der Waals surface area (Å²) in [4.78, 5) is 23.0. The summed E-state index contributed by atoms with van der Waals surface area (Å²) < 4.78 is 5.92. The van der Waals surface area contributed by atoms with Crippen molar-refractivity contribution in [2.45, 2.75) is 206 Å². The van der Waals surface area contributed by atoms with Gasteiger partial charge >= 0.3 is 11.9 Å². The number of hydrogen-bond acceptors (Lipinski definition) is 3. The molecule has 4 nitrogen and oxygen atoms in total. The van der Waals surface area contributed by atoms with Gasteiger partial charge in [0.2, 0.25) is 0 Å². The average molecular weight is 617 g/mol. The third-order valence-electron chi connectivity index (χ3n) is 8.38. The molecule has 0 aliphatic rings. The van der Waals surface area contributed by atoms with Crippen LogP contribution in [-0.2, 0) is 14.3 Å². The smallest absolute Gasteiger partial charge is 0.306 e. The third-order valence-corrected chi connectivity index (χ3v) is 8.38. The van der Waals surface area contributed by atoms with Crippen molar-refractivity contribution in [2.24, 2.45) is 0 Å². The van der Waals surface area contributed by atoms with Crippen LogP contribution in [0.5, 0.6) is 0 Å². The number of carboxylic acid groups (broad SMARTS) is 1. The van der Waals surface area contributed by atoms with Crippen LogP contribution < -0.4 is 0 Å². The number of carbonyl (C=O) groups excluding carboxylic acids is 1. The monoisotopic (exact) mass is 617 g/mol. The maximum absolute atomic E-state index is 12.5. The van der Waals surface area contributed by atoms with Crippen molar-refractivity contribution in [2.75, 3.05) is 0 Å². The van der Waals surface area contributed by atoms with E-state index in [4.69, 9.17) is 9.84 Å². The number of hydrogen-bond donors (Lipinski definition) is 1. The van der Waals surface area contributed by atoms with E-state index >= 15 is 0 Å². The highest BCUT2D eigenvalue weighted by molar-refractivity contribution is 5.69. The lowest BCUT2D eigenvalue weighted by molar-refractivity contribution is -0.150. The fourth-order valence-corrected chi connectivity index (χ4v) is 5.60. The van der Waals surface area contributed by atoms with E-state index in [-0.39, 0.29) is 12.1 Å². The number of allylic oxidation sites excluding steroid dienone is 6. The van der Waals surface area contributed by atoms with Gasteiger partial charge in [0.25, 0.3) is 0 Å². The molecule has 0 fully saturated rings. The number of rotatable bonds is 34. The Labute approximate surface area is 273 Å². The molecule has 0 saturated carbocycles. The summed E-state index contributed by atoms with van der Waals surface area (Å²) in [6.07, 6.45) is 46.4. The summed E-state index contributed by atoms with van der Waals surface area (Å²) in [5.74, 6) is -0.648. The zero-order valence-electron chi connectivity index (χ0n) is 29.2. The maximum atomic E-state index is 12.5. The first-order chi connectivity index (χ1) is 21.6. The quantitative estimate of drug-likeness (QED) is 0.0444. The van der Waals surface area contributed by atoms with Gasteiger partial charge in [-0.3, -0.25) is 9.59 Å². The zero-order valence-corrected chi connectivity index (χ0v) is 29.2. The molecule has 0 aromatic carbocycles. The zero-order chi connectivity index (χ0) is 32.2. The molecule has 0 amide bonds. The standard InChI is InChI=1S/C40H72O4/c1-3-5-7-8-9-10-11-12-13-18-21-24-27-30-33-37-40(43)44-38(34-6-4-2)35-31-28-25-22-19-16-14-15-17-20-23-26-29-32-36-39(41)42/h5,7,9-10,12-13,38H,3-4,6,8,11,14-37H2,1-2H3,(H,41,42)/b7-5-,10-9-,13-12-. The predicted octanol–water partition coefficient (Wildman–Crippen LogP) is 13.0. The number of carboxylic acids is 1. The second-order valence-electron chi connectivity index (χ2n) is 12.7. The van der Waals surface area contributed by atoms with E-state index in [1.807, 2.05) is 0 Å². The van der Waals surface area contributed by atoms with E-state index in [9.17, 15) is 9.59 Å². The Balaban J connectivity index is 3.67. The van der Waals surface area contributed by atoms with Crippen LogP contribution in [-0.4, -0.2) is 23.1 Å². The van der Waals surface area contributed by atoms with Crippen LogP contribution in [0.4, 0.5) is 0 Å². The van der Waals surface area contributed by atoms with E-state index in [1.165, 1.54) is 96.3 Å². The fourth-order valence-electron chi connectivity index (χ4n) is 5.60. The van der Waals surface area contributed by atoms with E-state index < -0.39 is 5.97 Å². The van der Waals surface area contributed by atoms with E-state index in [2.05, 4.69) is 50.3 Å². The molecule has 0 radical (unpaired) electrons. The highest BCUT2D eigenvalue weighted by atomic mass is 16.5. The first-order valence-corrected chi connectivity index (χ1v) is 19.0. The summed E-state index contributed by atoms with van der Waals surface area (Å²) in [6, 6.07) is 0. The number of ether oxygens (including phenoxy) is 1. The molecule has 4 heteroatoms. The van der Waals surface area contributed by atoms with E-state index in [0.29, 0.717) is 12.8 Å². The van der Waals surface area contributed by atoms with Crippen molar-refractivity contribution in [3.63, 3.8) is 0 Å². The Morgan fingerprint density at radius 3 is 1.48 bits per heavy atom. The lowest BCUT2D eigenvalue weighted by Gasteiger charge is -2.18. The van der Waals surface area contributed by atoms with Gasteiger partial charge in [-0.2, -0.15) is 0 Å². The van der Waals surface area contributed by atoms with Crippen LogP contribution in [0.25, 0.3) is 0 Å². The van der Waals surface area contributed by atoms with Crippen LogP contribution in [0.1, 0.15) is 200 Å². The molecular formula is C40H72O4. The summed E-state index contributed by atoms with van der Waals surface area (Å²) in [6.45, 7) is 4.38. The molecule has 44 heavy (non-hydrogen) atoms. The third kappa shape index (κ3) is 34.6. The minimum atomic E-state index is -0.667. The van der Waals surface area contributed by atoms with Crippen LogP contribution in [0.2, 0.25) is 0 Å². The topological polar surface area (TPSA) is 63.6 Å². The van der Waals surface area contributed by atoms with Gasteiger partial charge in [-0.05, 0) is 64.2 Å². The summed E-state index contributed by atoms with van der Waals surface area (Å²) in [7, 11) is 0. The van der Waals surface area contributed by atoms with Gasteiger partial charge in [-0.25, -0.2) is 0 Å². The molecule has 0 aliphatic heterocycles. The molecule has 0 spiro atoms. The predicted molar refractivity (Wildman–Crippen MR) is 190 cm³/mol. The lowest BCUT2D eigenvalue weighted by atomic mass is 10.0. The molecule has 0 bridgehead atoms. The molecule has 1 unspecified atom stereocenters. The summed E-state index contributed by atoms with van der Waals surface area (Å²) in [5.41, 5.74) is 0. The fraction of sp³-hybridized carbons (Fsp3) is 0.800. The van der Waals surface area contributed by atoms with Gasteiger partial charge in [0.05, 0.1) is 0 Å². The van der Waals surface area contributed by atoms with Crippen LogP contribution in [0.3, 0.4) is 0 Å². The van der Waals surface area contributed by atoms with Gasteiger partial charge in [0.15, 0.2) is 0 Å². The Morgan fingerprint density at radius 1 is 0.523 bits per heavy atom. The van der Waals surface area contributed by atoms with Crippen molar-refractivity contribution in [3.05, 3.63) is 36.5 Å². The van der Waals surface area contributed by atoms with Crippen molar-refractivity contribution in [3.8, 4) is 0 Å². The first-order valence-electron chi connectivity index (χ1n) is 19.0. The molecule has 256 valence electrons. The van der Waals surface area contributed by atoms with Gasteiger partial charge < -0.3 is 9.84 Å². The van der Waals surface area contributed by atoms with Crippen molar-refractivity contribution in [1.82, 2.24) is 0 Å². The second kappa shape index (κ2) is 35.6. The van der Waals surface area contributed by atoms with Crippen molar-refractivity contribution < 1.29 is 19.4 Å². The number of unbranched alkanes of at least 4 members (excludes halogenated alkanes) is 19. The first kappa shape index (κ1) is 42.2. The van der Waals surface area contributed by atoms with Crippen molar-refractivity contribution in [1.29, 1.82) is 0 Å². The van der Waals surface area contributed by atoms with Gasteiger partial charge in [0.1, 0.15) is 6.10 Å².